The number of allylic oxidation sites excluding steroid dienone is 2. The Bertz CT molecular complexity index is 504. The first-order chi connectivity index (χ1) is 8.82. The van der Waals surface area contributed by atoms with Gasteiger partial charge in [0.1, 0.15) is 0 Å². The van der Waals surface area contributed by atoms with Crippen molar-refractivity contribution in [3.63, 3.8) is 0 Å². The summed E-state index contributed by atoms with van der Waals surface area (Å²) < 4.78 is 31.7. The minimum absolute atomic E-state index is 0.462. The van der Waals surface area contributed by atoms with Gasteiger partial charge in [-0.05, 0) is 11.1 Å². The molecule has 0 aromatic heterocycles. The lowest BCUT2D eigenvalue weighted by molar-refractivity contribution is -0.192. The molecule has 0 spiro atoms. The van der Waals surface area contributed by atoms with Crippen molar-refractivity contribution >= 4 is 12.0 Å². The summed E-state index contributed by atoms with van der Waals surface area (Å²) in [6.07, 6.45) is 2.04. The normalized spacial score (nSPS) is 16.9. The Morgan fingerprint density at radius 2 is 1.74 bits per heavy atom. The predicted molar refractivity (Wildman–Crippen MR) is 63.3 cm³/mol. The quantitative estimate of drug-likeness (QED) is 0.763. The molecule has 1 aromatic rings. The summed E-state index contributed by atoms with van der Waals surface area (Å²) in [7, 11) is 0. The van der Waals surface area contributed by atoms with Crippen molar-refractivity contribution in [1.29, 1.82) is 0 Å². The Balaban J connectivity index is 0.000000224. The van der Waals surface area contributed by atoms with Gasteiger partial charge in [-0.3, -0.25) is 0 Å². The SMILES string of the molecule is O=C(O)C(F)(F)F.OC1C=CC=Cc2ccccc21. The highest BCUT2D eigenvalue weighted by Gasteiger charge is 2.38. The number of aliphatic hydroxyl groups is 1. The van der Waals surface area contributed by atoms with Gasteiger partial charge in [-0.2, -0.15) is 13.2 Å². The van der Waals surface area contributed by atoms with E-state index in [0.717, 1.165) is 11.1 Å². The number of rotatable bonds is 0. The number of benzene rings is 1. The Kier molecular flexibility index (Phi) is 4.88. The lowest BCUT2D eigenvalue weighted by Gasteiger charge is -2.07. The topological polar surface area (TPSA) is 57.5 Å². The lowest BCUT2D eigenvalue weighted by Crippen LogP contribution is -2.21. The van der Waals surface area contributed by atoms with Gasteiger partial charge in [-0.25, -0.2) is 4.79 Å². The monoisotopic (exact) mass is 272 g/mol. The van der Waals surface area contributed by atoms with Crippen molar-refractivity contribution in [1.82, 2.24) is 0 Å². The van der Waals surface area contributed by atoms with Crippen LogP contribution in [0.25, 0.3) is 6.08 Å². The maximum absolute atomic E-state index is 10.6. The zero-order valence-corrected chi connectivity index (χ0v) is 9.63. The van der Waals surface area contributed by atoms with Gasteiger partial charge in [0.2, 0.25) is 0 Å². The first kappa shape index (κ1) is 15.0. The van der Waals surface area contributed by atoms with Gasteiger partial charge in [0.25, 0.3) is 0 Å². The number of hydrogen-bond donors (Lipinski definition) is 2. The highest BCUT2D eigenvalue weighted by molar-refractivity contribution is 5.73. The van der Waals surface area contributed by atoms with Gasteiger partial charge in [0.05, 0.1) is 6.10 Å². The van der Waals surface area contributed by atoms with Crippen molar-refractivity contribution in [2.75, 3.05) is 0 Å². The van der Waals surface area contributed by atoms with E-state index in [1.54, 1.807) is 6.08 Å². The van der Waals surface area contributed by atoms with E-state index < -0.39 is 18.2 Å². The molecule has 0 radical (unpaired) electrons. The van der Waals surface area contributed by atoms with E-state index in [-0.39, 0.29) is 0 Å². The number of alkyl halides is 3. The molecule has 2 rings (SSSR count). The Hall–Kier alpha value is -2.08. The fourth-order valence-corrected chi connectivity index (χ4v) is 1.36. The summed E-state index contributed by atoms with van der Waals surface area (Å²) >= 11 is 0. The Morgan fingerprint density at radius 3 is 2.32 bits per heavy atom. The van der Waals surface area contributed by atoms with E-state index in [0.29, 0.717) is 0 Å². The highest BCUT2D eigenvalue weighted by atomic mass is 19.4. The number of carbonyl (C=O) groups is 1. The molecule has 1 unspecified atom stereocenters. The molecular formula is C13H11F3O3. The molecule has 0 bridgehead atoms. The third-order valence-electron chi connectivity index (χ3n) is 2.24. The molecule has 3 nitrogen and oxygen atoms in total. The van der Waals surface area contributed by atoms with E-state index in [1.165, 1.54) is 0 Å². The number of carboxylic acids is 1. The minimum atomic E-state index is -5.08. The van der Waals surface area contributed by atoms with Gasteiger partial charge < -0.3 is 10.2 Å². The second kappa shape index (κ2) is 6.19. The molecule has 19 heavy (non-hydrogen) atoms. The summed E-state index contributed by atoms with van der Waals surface area (Å²) in [6, 6.07) is 7.86. The first-order valence-electron chi connectivity index (χ1n) is 5.24. The highest BCUT2D eigenvalue weighted by Crippen LogP contribution is 2.22. The molecule has 0 heterocycles. The first-order valence-corrected chi connectivity index (χ1v) is 5.24. The van der Waals surface area contributed by atoms with Crippen LogP contribution in [0, 0.1) is 0 Å². The molecule has 0 saturated heterocycles. The summed E-state index contributed by atoms with van der Waals surface area (Å²) in [4.78, 5) is 8.90. The van der Waals surface area contributed by atoms with E-state index in [4.69, 9.17) is 9.90 Å². The van der Waals surface area contributed by atoms with Crippen LogP contribution in [0.15, 0.2) is 42.5 Å². The summed E-state index contributed by atoms with van der Waals surface area (Å²) in [6.45, 7) is 0. The van der Waals surface area contributed by atoms with Crippen LogP contribution in [0.5, 0.6) is 0 Å². The van der Waals surface area contributed by atoms with Crippen molar-refractivity contribution in [3.05, 3.63) is 53.6 Å². The van der Waals surface area contributed by atoms with Gasteiger partial charge in [-0.1, -0.05) is 48.6 Å². The van der Waals surface area contributed by atoms with Crippen LogP contribution in [0.3, 0.4) is 0 Å². The number of carboxylic acid groups (broad SMARTS) is 1. The molecule has 0 aliphatic heterocycles. The zero-order chi connectivity index (χ0) is 14.5. The second-order valence-corrected chi connectivity index (χ2v) is 3.62. The molecular weight excluding hydrogens is 261 g/mol. The smallest absolute Gasteiger partial charge is 0.475 e. The fraction of sp³-hybridized carbons (Fsp3) is 0.154. The number of aliphatic hydroxyl groups excluding tert-OH is 1. The van der Waals surface area contributed by atoms with Gasteiger partial charge >= 0.3 is 12.1 Å². The summed E-state index contributed by atoms with van der Waals surface area (Å²) in [5, 5.41) is 16.7. The van der Waals surface area contributed by atoms with E-state index in [2.05, 4.69) is 0 Å². The number of hydrogen-bond acceptors (Lipinski definition) is 2. The van der Waals surface area contributed by atoms with E-state index in [9.17, 15) is 18.3 Å². The van der Waals surface area contributed by atoms with Crippen LogP contribution in [0.1, 0.15) is 17.2 Å². The van der Waals surface area contributed by atoms with Crippen molar-refractivity contribution < 1.29 is 28.2 Å². The van der Waals surface area contributed by atoms with Crippen LogP contribution in [-0.2, 0) is 4.79 Å². The van der Waals surface area contributed by atoms with Crippen LogP contribution < -0.4 is 0 Å². The van der Waals surface area contributed by atoms with Gasteiger partial charge in [0, 0.05) is 0 Å². The van der Waals surface area contributed by atoms with Crippen LogP contribution in [-0.4, -0.2) is 22.4 Å². The lowest BCUT2D eigenvalue weighted by atomic mass is 10.0. The second-order valence-electron chi connectivity index (χ2n) is 3.62. The number of aliphatic carboxylic acids is 1. The van der Waals surface area contributed by atoms with Crippen molar-refractivity contribution in [2.24, 2.45) is 0 Å². The fourth-order valence-electron chi connectivity index (χ4n) is 1.36. The van der Waals surface area contributed by atoms with Crippen molar-refractivity contribution in [2.45, 2.75) is 12.3 Å². The standard InChI is InChI=1S/C11H10O.C2HF3O2/c12-11-8-4-2-6-9-5-1-3-7-10(9)11;3-2(4,5)1(6)7/h1-8,11-12H;(H,6,7). The molecule has 0 amide bonds. The molecule has 102 valence electrons. The summed E-state index contributed by atoms with van der Waals surface area (Å²) in [5.41, 5.74) is 2.07. The maximum Gasteiger partial charge on any atom is 0.490 e. The average molecular weight is 272 g/mol. The van der Waals surface area contributed by atoms with E-state index in [1.807, 2.05) is 42.5 Å². The van der Waals surface area contributed by atoms with Crippen molar-refractivity contribution in [3.8, 4) is 0 Å². The molecule has 0 fully saturated rings. The number of halogens is 3. The van der Waals surface area contributed by atoms with Gasteiger partial charge in [0.15, 0.2) is 0 Å². The molecule has 1 aromatic carbocycles. The molecule has 1 aliphatic rings. The predicted octanol–water partition coefficient (Wildman–Crippen LogP) is 2.94. The number of fused-ring (bicyclic) bond motifs is 1. The van der Waals surface area contributed by atoms with Crippen LogP contribution in [0.2, 0.25) is 0 Å². The summed E-state index contributed by atoms with van der Waals surface area (Å²) in [5.74, 6) is -2.76. The molecule has 2 N–H and O–H groups in total. The minimum Gasteiger partial charge on any atom is -0.475 e. The Morgan fingerprint density at radius 1 is 1.16 bits per heavy atom. The largest absolute Gasteiger partial charge is 0.490 e. The zero-order valence-electron chi connectivity index (χ0n) is 9.63. The third kappa shape index (κ3) is 4.59. The molecule has 1 atom stereocenters. The molecule has 1 aliphatic carbocycles. The third-order valence-corrected chi connectivity index (χ3v) is 2.24. The molecule has 6 heteroatoms. The maximum atomic E-state index is 10.6. The Labute approximate surface area is 107 Å². The molecule has 0 saturated carbocycles. The average Bonchev–Trinajstić information content (AvgIpc) is 2.52. The van der Waals surface area contributed by atoms with E-state index >= 15 is 0 Å². The van der Waals surface area contributed by atoms with Gasteiger partial charge in [-0.15, -0.1) is 0 Å². The van der Waals surface area contributed by atoms with Crippen LogP contribution >= 0.6 is 0 Å². The van der Waals surface area contributed by atoms with Crippen LogP contribution in [0.4, 0.5) is 13.2 Å².